The van der Waals surface area contributed by atoms with Gasteiger partial charge in [-0.15, -0.1) is 0 Å². The molecule has 4 aromatic rings. The number of urea groups is 1. The Labute approximate surface area is 267 Å². The quantitative estimate of drug-likeness (QED) is 0.127. The molecule has 0 unspecified atom stereocenters. The van der Waals surface area contributed by atoms with Gasteiger partial charge in [0, 0.05) is 19.5 Å². The maximum atomic E-state index is 14.2. The van der Waals surface area contributed by atoms with Gasteiger partial charge in [-0.05, 0) is 47.0 Å². The minimum Gasteiger partial charge on any atom is -0.506 e. The average Bonchev–Trinajstić information content (AvgIpc) is 3.58. The number of hydrogen-bond acceptors (Lipinski definition) is 10. The van der Waals surface area contributed by atoms with Gasteiger partial charge in [0.15, 0.2) is 5.13 Å². The number of amides is 4. The molecule has 0 spiro atoms. The highest BCUT2D eigenvalue weighted by Gasteiger charge is 2.52. The van der Waals surface area contributed by atoms with Crippen LogP contribution in [-0.2, 0) is 29.1 Å². The minimum atomic E-state index is -0.967. The number of phenolic OH excluding ortho intramolecular Hbond substituents is 1. The Morgan fingerprint density at radius 2 is 1.91 bits per heavy atom. The third-order valence-electron chi connectivity index (χ3n) is 8.09. The van der Waals surface area contributed by atoms with Crippen LogP contribution in [0.4, 0.5) is 20.0 Å². The summed E-state index contributed by atoms with van der Waals surface area (Å²) in [7, 11) is 0. The van der Waals surface area contributed by atoms with Gasteiger partial charge in [-0.2, -0.15) is 10.3 Å². The number of carbonyl (C=O) groups excluding carboxylic acids is 3. The van der Waals surface area contributed by atoms with Gasteiger partial charge in [0.05, 0.1) is 35.1 Å². The van der Waals surface area contributed by atoms with Crippen LogP contribution in [-0.4, -0.2) is 79.6 Å². The zero-order chi connectivity index (χ0) is 32.5. The van der Waals surface area contributed by atoms with Gasteiger partial charge in [-0.1, -0.05) is 41.7 Å². The van der Waals surface area contributed by atoms with Gasteiger partial charge >= 0.3 is 6.03 Å². The highest BCUT2D eigenvalue weighted by Crippen LogP contribution is 2.33. The number of rotatable bonds is 8. The Balaban J connectivity index is 1.32. The summed E-state index contributed by atoms with van der Waals surface area (Å²) >= 11 is 1.34. The van der Waals surface area contributed by atoms with Crippen molar-refractivity contribution in [2.45, 2.75) is 31.7 Å². The van der Waals surface area contributed by atoms with Crippen molar-refractivity contribution >= 4 is 50.2 Å². The monoisotopic (exact) mass is 643 g/mol. The molecule has 13 nitrogen and oxygen atoms in total. The Morgan fingerprint density at radius 3 is 2.65 bits per heavy atom. The van der Waals surface area contributed by atoms with E-state index in [1.807, 2.05) is 24.3 Å². The van der Waals surface area contributed by atoms with E-state index < -0.39 is 30.0 Å². The van der Waals surface area contributed by atoms with Gasteiger partial charge in [0.25, 0.3) is 0 Å². The summed E-state index contributed by atoms with van der Waals surface area (Å²) in [5, 5.41) is 25.4. The number of nitrogen functional groups attached to an aromatic ring is 2. The first kappa shape index (κ1) is 30.6. The number of hydrazine groups is 1. The van der Waals surface area contributed by atoms with Crippen molar-refractivity contribution in [2.24, 2.45) is 0 Å². The van der Waals surface area contributed by atoms with E-state index in [4.69, 9.17) is 11.5 Å². The summed E-state index contributed by atoms with van der Waals surface area (Å²) in [6, 6.07) is 16.3. The van der Waals surface area contributed by atoms with E-state index >= 15 is 0 Å². The summed E-state index contributed by atoms with van der Waals surface area (Å²) in [6.45, 7) is -0.342. The van der Waals surface area contributed by atoms with Crippen molar-refractivity contribution < 1.29 is 23.9 Å². The SMILES string of the molecule is N#CCN(C(=O)NCc1ccc(F)cc1)N1CC(=O)N2[C@@H](Cc3ccc(O)c(N)c3)C(=O)N(Cc3cccc4sc(N)nc34)C[C@@H]21. The Bertz CT molecular complexity index is 1860. The van der Waals surface area contributed by atoms with Crippen LogP contribution in [0.3, 0.4) is 0 Å². The van der Waals surface area contributed by atoms with Crippen molar-refractivity contribution in [3.8, 4) is 11.8 Å². The molecule has 0 radical (unpaired) electrons. The first-order valence-corrected chi connectivity index (χ1v) is 15.2. The Hall–Kier alpha value is -5.46. The number of hydrogen-bond donors (Lipinski definition) is 4. The molecule has 4 amide bonds. The molecule has 0 saturated carbocycles. The number of nitrogens with two attached hydrogens (primary N) is 2. The number of halogens is 1. The van der Waals surface area contributed by atoms with Crippen molar-refractivity contribution in [1.29, 1.82) is 5.26 Å². The second kappa shape index (κ2) is 12.5. The maximum Gasteiger partial charge on any atom is 0.333 e. The summed E-state index contributed by atoms with van der Waals surface area (Å²) in [4.78, 5) is 48.8. The van der Waals surface area contributed by atoms with Gasteiger partial charge in [-0.25, -0.2) is 19.2 Å². The zero-order valence-corrected chi connectivity index (χ0v) is 25.3. The molecule has 0 bridgehead atoms. The number of anilines is 2. The van der Waals surface area contributed by atoms with E-state index in [1.54, 1.807) is 17.0 Å². The molecule has 2 fully saturated rings. The topological polar surface area (TPSA) is 185 Å². The molecule has 6 N–H and O–H groups in total. The lowest BCUT2D eigenvalue weighted by atomic mass is 9.99. The number of thiazole rings is 1. The fourth-order valence-electron chi connectivity index (χ4n) is 5.92. The third kappa shape index (κ3) is 5.95. The molecular weight excluding hydrogens is 613 g/mol. The molecule has 3 heterocycles. The normalized spacial score (nSPS) is 18.1. The van der Waals surface area contributed by atoms with E-state index in [2.05, 4.69) is 10.3 Å². The summed E-state index contributed by atoms with van der Waals surface area (Å²) in [6.07, 6.45) is -0.687. The van der Waals surface area contributed by atoms with Gasteiger partial charge < -0.3 is 31.7 Å². The largest absolute Gasteiger partial charge is 0.506 e. The van der Waals surface area contributed by atoms with E-state index in [1.165, 1.54) is 51.6 Å². The van der Waals surface area contributed by atoms with Crippen LogP contribution in [0, 0.1) is 17.1 Å². The van der Waals surface area contributed by atoms with E-state index in [0.717, 1.165) is 15.3 Å². The number of para-hydroxylation sites is 1. The van der Waals surface area contributed by atoms with Crippen LogP contribution in [0.25, 0.3) is 10.2 Å². The number of nitrogens with one attached hydrogen (secondary N) is 1. The predicted octanol–water partition coefficient (Wildman–Crippen LogP) is 2.38. The van der Waals surface area contributed by atoms with Crippen molar-refractivity contribution in [1.82, 2.24) is 30.1 Å². The number of benzene rings is 3. The number of piperazine rings is 1. The molecule has 2 saturated heterocycles. The lowest BCUT2D eigenvalue weighted by molar-refractivity contribution is -0.157. The minimum absolute atomic E-state index is 0.0436. The van der Waals surface area contributed by atoms with Gasteiger partial charge in [0.2, 0.25) is 11.8 Å². The molecule has 2 atom stereocenters. The maximum absolute atomic E-state index is 14.2. The van der Waals surface area contributed by atoms with E-state index in [0.29, 0.717) is 21.8 Å². The highest BCUT2D eigenvalue weighted by atomic mass is 32.1. The fourth-order valence-corrected chi connectivity index (χ4v) is 6.70. The first-order valence-electron chi connectivity index (χ1n) is 14.4. The van der Waals surface area contributed by atoms with Crippen LogP contribution >= 0.6 is 11.3 Å². The molecule has 1 aromatic heterocycles. The van der Waals surface area contributed by atoms with Crippen molar-refractivity contribution in [2.75, 3.05) is 31.1 Å². The molecule has 0 aliphatic carbocycles. The number of nitrogens with zero attached hydrogens (tertiary/aromatic N) is 6. The molecule has 3 aromatic carbocycles. The zero-order valence-electron chi connectivity index (χ0n) is 24.5. The van der Waals surface area contributed by atoms with Crippen LogP contribution in [0.15, 0.2) is 60.7 Å². The third-order valence-corrected chi connectivity index (χ3v) is 8.94. The van der Waals surface area contributed by atoms with E-state index in [-0.39, 0.29) is 56.5 Å². The molecule has 236 valence electrons. The van der Waals surface area contributed by atoms with Crippen molar-refractivity contribution in [3.05, 3.63) is 83.2 Å². The Kier molecular flexibility index (Phi) is 8.31. The predicted molar refractivity (Wildman–Crippen MR) is 168 cm³/mol. The molecule has 2 aliphatic rings. The second-order valence-electron chi connectivity index (χ2n) is 11.0. The van der Waals surface area contributed by atoms with Crippen LogP contribution < -0.4 is 16.8 Å². The highest BCUT2D eigenvalue weighted by molar-refractivity contribution is 7.22. The fraction of sp³-hybridized carbons (Fsp3) is 0.258. The molecule has 46 heavy (non-hydrogen) atoms. The number of aromatic hydroxyl groups is 1. The number of fused-ring (bicyclic) bond motifs is 2. The summed E-state index contributed by atoms with van der Waals surface area (Å²) in [5.41, 5.74) is 14.8. The molecule has 15 heteroatoms. The molecular formula is C31H30FN9O4S. The molecule has 6 rings (SSSR count). The van der Waals surface area contributed by atoms with Crippen LogP contribution in [0.2, 0.25) is 0 Å². The number of carbonyl (C=O) groups is 3. The number of aromatic nitrogens is 1. The summed E-state index contributed by atoms with van der Waals surface area (Å²) < 4.78 is 14.2. The van der Waals surface area contributed by atoms with Gasteiger partial charge in [-0.3, -0.25) is 9.59 Å². The van der Waals surface area contributed by atoms with Crippen molar-refractivity contribution in [3.63, 3.8) is 0 Å². The molecule has 2 aliphatic heterocycles. The second-order valence-corrected chi connectivity index (χ2v) is 12.1. The lowest BCUT2D eigenvalue weighted by Crippen LogP contribution is -2.66. The first-order chi connectivity index (χ1) is 22.1. The van der Waals surface area contributed by atoms with Gasteiger partial charge in [0.1, 0.15) is 30.3 Å². The Morgan fingerprint density at radius 1 is 1.15 bits per heavy atom. The number of nitriles is 1. The van der Waals surface area contributed by atoms with Crippen LogP contribution in [0.1, 0.15) is 16.7 Å². The smallest absolute Gasteiger partial charge is 0.333 e. The van der Waals surface area contributed by atoms with E-state index in [9.17, 15) is 29.1 Å². The lowest BCUT2D eigenvalue weighted by Gasteiger charge is -2.46. The summed E-state index contributed by atoms with van der Waals surface area (Å²) in [5.74, 6) is -1.22. The average molecular weight is 644 g/mol. The number of phenols is 1. The van der Waals surface area contributed by atoms with Crippen LogP contribution in [0.5, 0.6) is 5.75 Å². The standard InChI is InChI=1S/C31H30FN9O4S/c32-21-7-4-18(5-8-21)14-36-31(45)39(11-10-33)40-17-27(43)41-23(13-19-6-9-24(42)22(34)12-19)29(44)38(16-26(40)41)15-20-2-1-3-25-28(20)37-30(35)46-25/h1-9,12,23,26,42H,11,13-17,34H2,(H2,35,37)(H,36,45)/t23-,26+/m0/s1.